The van der Waals surface area contributed by atoms with Gasteiger partial charge in [-0.1, -0.05) is 35.3 Å². The highest BCUT2D eigenvalue weighted by Gasteiger charge is 2.45. The first-order chi connectivity index (χ1) is 19.6. The third-order valence-electron chi connectivity index (χ3n) is 7.29. The van der Waals surface area contributed by atoms with Crippen molar-refractivity contribution in [3.63, 3.8) is 0 Å². The number of aromatic nitrogens is 3. The molecule has 2 aromatic heterocycles. The first-order valence-corrected chi connectivity index (χ1v) is 14.1. The molecule has 10 heteroatoms. The van der Waals surface area contributed by atoms with E-state index in [1.165, 1.54) is 11.3 Å². The van der Waals surface area contributed by atoms with Gasteiger partial charge in [0.15, 0.2) is 0 Å². The molecule has 0 amide bonds. The van der Waals surface area contributed by atoms with E-state index < -0.39 is 5.79 Å². The molecule has 208 valence electrons. The predicted molar refractivity (Wildman–Crippen MR) is 155 cm³/mol. The number of piperazine rings is 1. The summed E-state index contributed by atoms with van der Waals surface area (Å²) >= 11 is 12.7. The summed E-state index contributed by atoms with van der Waals surface area (Å²) in [5.41, 5.74) is 3.18. The van der Waals surface area contributed by atoms with E-state index in [0.717, 1.165) is 44.0 Å². The van der Waals surface area contributed by atoms with Gasteiger partial charge in [0.05, 0.1) is 24.5 Å². The van der Waals surface area contributed by atoms with Crippen LogP contribution in [0.15, 0.2) is 85.7 Å². The number of rotatable bonds is 9. The lowest BCUT2D eigenvalue weighted by atomic mass is 10.1. The largest absolute Gasteiger partial charge is 0.491 e. The van der Waals surface area contributed by atoms with Gasteiger partial charge in [0.1, 0.15) is 18.5 Å². The third kappa shape index (κ3) is 6.27. The highest BCUT2D eigenvalue weighted by molar-refractivity contribution is 6.35. The number of halogens is 2. The number of ether oxygens (including phenoxy) is 3. The Hall–Kier alpha value is -3.14. The first kappa shape index (κ1) is 27.1. The highest BCUT2D eigenvalue weighted by atomic mass is 35.5. The number of pyridine rings is 1. The molecule has 0 aliphatic carbocycles. The minimum Gasteiger partial charge on any atom is -0.491 e. The molecule has 2 fully saturated rings. The monoisotopic (exact) mass is 579 g/mol. The molecule has 0 N–H and O–H groups in total. The second-order valence-electron chi connectivity index (χ2n) is 10.1. The molecule has 6 rings (SSSR count). The van der Waals surface area contributed by atoms with Gasteiger partial charge in [-0.15, -0.1) is 0 Å². The Balaban J connectivity index is 1.04. The molecule has 4 heterocycles. The van der Waals surface area contributed by atoms with Crippen LogP contribution in [0.3, 0.4) is 0 Å². The Morgan fingerprint density at radius 3 is 2.55 bits per heavy atom. The van der Waals surface area contributed by atoms with Crippen LogP contribution in [0.5, 0.6) is 5.75 Å². The molecular formula is C30H31Cl2N5O3. The van der Waals surface area contributed by atoms with Gasteiger partial charge < -0.3 is 23.7 Å². The lowest BCUT2D eigenvalue weighted by molar-refractivity contribution is -0.189. The van der Waals surface area contributed by atoms with Gasteiger partial charge in [0.2, 0.25) is 5.79 Å². The number of anilines is 1. The molecule has 40 heavy (non-hydrogen) atoms. The van der Waals surface area contributed by atoms with Gasteiger partial charge in [-0.3, -0.25) is 9.88 Å². The number of hydrogen-bond donors (Lipinski definition) is 0. The quantitative estimate of drug-likeness (QED) is 0.268. The Morgan fingerprint density at radius 1 is 0.975 bits per heavy atom. The van der Waals surface area contributed by atoms with Crippen molar-refractivity contribution in [2.75, 3.05) is 44.3 Å². The fourth-order valence-electron chi connectivity index (χ4n) is 5.23. The topological polar surface area (TPSA) is 64.9 Å². The van der Waals surface area contributed by atoms with Crippen molar-refractivity contribution in [1.82, 2.24) is 19.4 Å². The maximum atomic E-state index is 6.57. The van der Waals surface area contributed by atoms with E-state index in [-0.39, 0.29) is 6.10 Å². The van der Waals surface area contributed by atoms with Crippen LogP contribution in [0.2, 0.25) is 10.0 Å². The molecule has 4 aromatic rings. The van der Waals surface area contributed by atoms with Crippen molar-refractivity contribution in [3.8, 4) is 5.75 Å². The van der Waals surface area contributed by atoms with Crippen molar-refractivity contribution < 1.29 is 14.2 Å². The molecule has 8 nitrogen and oxygen atoms in total. The van der Waals surface area contributed by atoms with Gasteiger partial charge >= 0.3 is 0 Å². The fourth-order valence-corrected chi connectivity index (χ4v) is 5.78. The van der Waals surface area contributed by atoms with Crippen molar-refractivity contribution in [2.24, 2.45) is 0 Å². The van der Waals surface area contributed by atoms with E-state index in [0.29, 0.717) is 29.8 Å². The van der Waals surface area contributed by atoms with E-state index in [2.05, 4.69) is 38.0 Å². The lowest BCUT2D eigenvalue weighted by Gasteiger charge is -2.36. The van der Waals surface area contributed by atoms with E-state index in [4.69, 9.17) is 37.4 Å². The zero-order valence-corrected chi connectivity index (χ0v) is 23.5. The maximum Gasteiger partial charge on any atom is 0.215 e. The Labute approximate surface area is 244 Å². The van der Waals surface area contributed by atoms with Gasteiger partial charge in [-0.25, -0.2) is 4.98 Å². The maximum absolute atomic E-state index is 6.57. The number of nitrogens with zero attached hydrogens (tertiary/aromatic N) is 5. The predicted octanol–water partition coefficient (Wildman–Crippen LogP) is 5.25. The van der Waals surface area contributed by atoms with Crippen molar-refractivity contribution >= 4 is 28.9 Å². The zero-order valence-electron chi connectivity index (χ0n) is 22.0. The van der Waals surface area contributed by atoms with Crippen molar-refractivity contribution in [2.45, 2.75) is 25.0 Å². The SMILES string of the molecule is Clc1ccc([C@]2(Cn3ccnc3)OC[C@@H](COc3ccc(N4CCN(Cc5cccnc5)CC4)cc3)O2)c(Cl)c1. The van der Waals surface area contributed by atoms with Crippen LogP contribution < -0.4 is 9.64 Å². The molecule has 0 unspecified atom stereocenters. The molecule has 0 radical (unpaired) electrons. The van der Waals surface area contributed by atoms with Gasteiger partial charge in [0.25, 0.3) is 0 Å². The normalized spacial score (nSPS) is 21.6. The van der Waals surface area contributed by atoms with Crippen LogP contribution in [-0.4, -0.2) is 64.9 Å². The summed E-state index contributed by atoms with van der Waals surface area (Å²) in [6, 6.07) is 17.7. The zero-order chi connectivity index (χ0) is 27.4. The van der Waals surface area contributed by atoms with Crippen molar-refractivity contribution in [1.29, 1.82) is 0 Å². The Kier molecular flexibility index (Phi) is 8.22. The molecule has 2 aliphatic heterocycles. The second kappa shape index (κ2) is 12.2. The number of hydrogen-bond acceptors (Lipinski definition) is 7. The minimum atomic E-state index is -1.07. The second-order valence-corrected chi connectivity index (χ2v) is 10.9. The Morgan fingerprint density at radius 2 is 1.82 bits per heavy atom. The average Bonchev–Trinajstić information content (AvgIpc) is 3.64. The molecule has 2 atom stereocenters. The minimum absolute atomic E-state index is 0.275. The van der Waals surface area contributed by atoms with E-state index in [9.17, 15) is 0 Å². The first-order valence-electron chi connectivity index (χ1n) is 13.4. The summed E-state index contributed by atoms with van der Waals surface area (Å²) < 4.78 is 20.8. The molecule has 2 aliphatic rings. The van der Waals surface area contributed by atoms with Crippen LogP contribution in [0.1, 0.15) is 11.1 Å². The summed E-state index contributed by atoms with van der Waals surface area (Å²) in [7, 11) is 0. The highest BCUT2D eigenvalue weighted by Crippen LogP contribution is 2.40. The van der Waals surface area contributed by atoms with Gasteiger partial charge in [0, 0.05) is 73.8 Å². The summed E-state index contributed by atoms with van der Waals surface area (Å²) in [6.45, 7) is 6.07. The van der Waals surface area contributed by atoms with Crippen LogP contribution in [0.25, 0.3) is 0 Å². The molecular weight excluding hydrogens is 549 g/mol. The van der Waals surface area contributed by atoms with Crippen LogP contribution in [0.4, 0.5) is 5.69 Å². The smallest absolute Gasteiger partial charge is 0.215 e. The average molecular weight is 581 g/mol. The van der Waals surface area contributed by atoms with E-state index >= 15 is 0 Å². The van der Waals surface area contributed by atoms with Gasteiger partial charge in [-0.2, -0.15) is 0 Å². The van der Waals surface area contributed by atoms with Crippen LogP contribution >= 0.6 is 23.2 Å². The standard InChI is InChI=1S/C30H31Cl2N5O3/c31-24-3-8-28(29(32)16-24)30(21-36-11-10-34-22-36)39-20-27(40-30)19-38-26-6-4-25(5-7-26)37-14-12-35(13-15-37)18-23-2-1-9-33-17-23/h1-11,16-17,22,27H,12-15,18-21H2/t27-,30-/m1/s1. The fraction of sp³-hybridized carbons (Fsp3) is 0.333. The molecule has 2 saturated heterocycles. The molecule has 0 spiro atoms. The summed E-state index contributed by atoms with van der Waals surface area (Å²) in [5.74, 6) is -0.279. The summed E-state index contributed by atoms with van der Waals surface area (Å²) in [6.07, 6.45) is 8.80. The van der Waals surface area contributed by atoms with Crippen molar-refractivity contribution in [3.05, 3.63) is 107 Å². The molecule has 0 bridgehead atoms. The van der Waals surface area contributed by atoms with E-state index in [1.807, 2.05) is 47.4 Å². The van der Waals surface area contributed by atoms with Gasteiger partial charge in [-0.05, 0) is 48.0 Å². The molecule has 2 aromatic carbocycles. The lowest BCUT2D eigenvalue weighted by Crippen LogP contribution is -2.45. The Bertz CT molecular complexity index is 1380. The number of benzene rings is 2. The summed E-state index contributed by atoms with van der Waals surface area (Å²) in [5, 5.41) is 1.04. The van der Waals surface area contributed by atoms with Crippen LogP contribution in [0, 0.1) is 0 Å². The third-order valence-corrected chi connectivity index (χ3v) is 7.84. The molecule has 0 saturated carbocycles. The summed E-state index contributed by atoms with van der Waals surface area (Å²) in [4.78, 5) is 13.3. The van der Waals surface area contributed by atoms with Crippen LogP contribution in [-0.2, 0) is 28.4 Å². The number of imidazole rings is 1. The van der Waals surface area contributed by atoms with E-state index in [1.54, 1.807) is 24.7 Å².